The van der Waals surface area contributed by atoms with E-state index >= 15 is 0 Å². The minimum Gasteiger partial charge on any atom is -0.349 e. The monoisotopic (exact) mass is 365 g/mol. The van der Waals surface area contributed by atoms with E-state index in [1.165, 1.54) is 18.2 Å². The van der Waals surface area contributed by atoms with Gasteiger partial charge in [-0.15, -0.1) is 11.8 Å². The van der Waals surface area contributed by atoms with E-state index in [1.54, 1.807) is 17.8 Å². The lowest BCUT2D eigenvalue weighted by Crippen LogP contribution is -2.49. The molecule has 2 amide bonds. The molecule has 3 N–H and O–H groups in total. The predicted octanol–water partition coefficient (Wildman–Crippen LogP) is 1.97. The Morgan fingerprint density at radius 1 is 1.28 bits per heavy atom. The average molecular weight is 365 g/mol. The molecule has 1 atom stereocenters. The van der Waals surface area contributed by atoms with Crippen LogP contribution in [0.3, 0.4) is 0 Å². The molecule has 1 aromatic carbocycles. The largest absolute Gasteiger partial charge is 0.349 e. The second kappa shape index (κ2) is 8.19. The van der Waals surface area contributed by atoms with Gasteiger partial charge in [0.15, 0.2) is 0 Å². The van der Waals surface area contributed by atoms with Crippen LogP contribution in [0.25, 0.3) is 0 Å². The van der Waals surface area contributed by atoms with Crippen molar-refractivity contribution in [2.75, 3.05) is 18.2 Å². The lowest BCUT2D eigenvalue weighted by atomic mass is 9.81. The molecule has 25 heavy (non-hydrogen) atoms. The number of hydrogen-bond donors (Lipinski definition) is 2. The van der Waals surface area contributed by atoms with E-state index in [2.05, 4.69) is 5.32 Å². The van der Waals surface area contributed by atoms with Crippen molar-refractivity contribution in [2.45, 2.75) is 37.8 Å². The average Bonchev–Trinajstić information content (AvgIpc) is 3.16. The van der Waals surface area contributed by atoms with E-state index in [0.717, 1.165) is 43.9 Å². The number of nitrogens with one attached hydrogen (secondary N) is 1. The third kappa shape index (κ3) is 4.52. The summed E-state index contributed by atoms with van der Waals surface area (Å²) in [4.78, 5) is 26.4. The molecular formula is C18H24FN3O2S. The Morgan fingerprint density at radius 3 is 2.68 bits per heavy atom. The van der Waals surface area contributed by atoms with Crippen molar-refractivity contribution in [3.05, 3.63) is 35.6 Å². The molecule has 1 saturated heterocycles. The van der Waals surface area contributed by atoms with Crippen molar-refractivity contribution < 1.29 is 14.0 Å². The summed E-state index contributed by atoms with van der Waals surface area (Å²) in [5.41, 5.74) is 6.53. The van der Waals surface area contributed by atoms with Crippen LogP contribution in [-0.4, -0.2) is 47.0 Å². The zero-order chi connectivity index (χ0) is 17.8. The lowest BCUT2D eigenvalue weighted by molar-refractivity contribution is -0.132. The van der Waals surface area contributed by atoms with Crippen LogP contribution >= 0.6 is 11.8 Å². The fraction of sp³-hybridized carbons (Fsp3) is 0.556. The summed E-state index contributed by atoms with van der Waals surface area (Å²) in [6.45, 7) is 0.788. The van der Waals surface area contributed by atoms with Gasteiger partial charge in [-0.25, -0.2) is 4.39 Å². The third-order valence-electron chi connectivity index (χ3n) is 5.05. The number of halogens is 1. The summed E-state index contributed by atoms with van der Waals surface area (Å²) in [5, 5.41) is 2.96. The van der Waals surface area contributed by atoms with Crippen LogP contribution in [0, 0.1) is 11.7 Å². The van der Waals surface area contributed by atoms with E-state index in [1.807, 2.05) is 4.90 Å². The van der Waals surface area contributed by atoms with Gasteiger partial charge in [-0.2, -0.15) is 0 Å². The molecule has 136 valence electrons. The van der Waals surface area contributed by atoms with Crippen LogP contribution < -0.4 is 11.1 Å². The molecule has 1 aliphatic carbocycles. The normalized spacial score (nSPS) is 24.8. The van der Waals surface area contributed by atoms with Gasteiger partial charge >= 0.3 is 0 Å². The van der Waals surface area contributed by atoms with E-state index in [9.17, 15) is 14.0 Å². The first-order chi connectivity index (χ1) is 12.0. The number of carbonyl (C=O) groups is 2. The summed E-state index contributed by atoms with van der Waals surface area (Å²) in [5.74, 6) is 1.28. The number of nitrogens with two attached hydrogens (primary N) is 1. The van der Waals surface area contributed by atoms with Gasteiger partial charge in [0.2, 0.25) is 5.91 Å². The smallest absolute Gasteiger partial charge is 0.251 e. The highest BCUT2D eigenvalue weighted by Crippen LogP contribution is 2.28. The highest BCUT2D eigenvalue weighted by atomic mass is 32.2. The van der Waals surface area contributed by atoms with Crippen LogP contribution in [0.1, 0.15) is 36.0 Å². The summed E-state index contributed by atoms with van der Waals surface area (Å²) in [7, 11) is 0. The molecular weight excluding hydrogens is 341 g/mol. The van der Waals surface area contributed by atoms with Gasteiger partial charge in [-0.3, -0.25) is 9.59 Å². The van der Waals surface area contributed by atoms with Crippen molar-refractivity contribution in [1.82, 2.24) is 10.2 Å². The standard InChI is InChI=1S/C18H24FN3O2S/c19-14-3-1-2-13(10-14)17(23)21-15-6-4-12(5-7-15)16(20)18(24)22-8-9-25-11-22/h1-3,10,12,15-16H,4-9,11,20H2,(H,21,23). The van der Waals surface area contributed by atoms with E-state index in [0.29, 0.717) is 5.56 Å². The molecule has 0 aromatic heterocycles. The second-order valence-electron chi connectivity index (χ2n) is 6.76. The summed E-state index contributed by atoms with van der Waals surface area (Å²) < 4.78 is 13.2. The summed E-state index contributed by atoms with van der Waals surface area (Å²) >= 11 is 1.76. The minimum atomic E-state index is -0.446. The van der Waals surface area contributed by atoms with Crippen molar-refractivity contribution >= 4 is 23.6 Å². The third-order valence-corrected chi connectivity index (χ3v) is 6.02. The number of hydrogen-bond acceptors (Lipinski definition) is 4. The number of amides is 2. The van der Waals surface area contributed by atoms with Crippen molar-refractivity contribution in [3.63, 3.8) is 0 Å². The van der Waals surface area contributed by atoms with Gasteiger partial charge in [0.25, 0.3) is 5.91 Å². The lowest BCUT2D eigenvalue weighted by Gasteiger charge is -2.33. The van der Waals surface area contributed by atoms with Gasteiger partial charge in [0, 0.05) is 23.9 Å². The molecule has 3 rings (SSSR count). The highest BCUT2D eigenvalue weighted by Gasteiger charge is 2.33. The van der Waals surface area contributed by atoms with E-state index in [-0.39, 0.29) is 23.8 Å². The summed E-state index contributed by atoms with van der Waals surface area (Å²) in [6.07, 6.45) is 3.23. The first-order valence-corrected chi connectivity index (χ1v) is 9.88. The topological polar surface area (TPSA) is 75.4 Å². The molecule has 0 spiro atoms. The Bertz CT molecular complexity index is 629. The van der Waals surface area contributed by atoms with Gasteiger partial charge in [0.05, 0.1) is 11.9 Å². The van der Waals surface area contributed by atoms with Crippen LogP contribution in [0.5, 0.6) is 0 Å². The fourth-order valence-corrected chi connectivity index (χ4v) is 4.48. The predicted molar refractivity (Wildman–Crippen MR) is 96.6 cm³/mol. The number of thioether (sulfide) groups is 1. The Kier molecular flexibility index (Phi) is 5.96. The van der Waals surface area contributed by atoms with Gasteiger partial charge in [0.1, 0.15) is 5.82 Å². The Morgan fingerprint density at radius 2 is 2.04 bits per heavy atom. The Balaban J connectivity index is 1.48. The molecule has 1 aromatic rings. The molecule has 2 fully saturated rings. The van der Waals surface area contributed by atoms with Gasteiger partial charge < -0.3 is 16.0 Å². The zero-order valence-corrected chi connectivity index (χ0v) is 14.9. The first-order valence-electron chi connectivity index (χ1n) is 8.73. The van der Waals surface area contributed by atoms with E-state index < -0.39 is 11.9 Å². The first kappa shape index (κ1) is 18.2. The zero-order valence-electron chi connectivity index (χ0n) is 14.1. The van der Waals surface area contributed by atoms with Crippen LogP contribution in [0.4, 0.5) is 4.39 Å². The number of rotatable bonds is 4. The fourth-order valence-electron chi connectivity index (χ4n) is 3.52. The molecule has 1 aliphatic heterocycles. The van der Waals surface area contributed by atoms with Gasteiger partial charge in [-0.05, 0) is 49.8 Å². The maximum Gasteiger partial charge on any atom is 0.251 e. The maximum absolute atomic E-state index is 13.2. The molecule has 1 heterocycles. The molecule has 0 bridgehead atoms. The Hall–Kier alpha value is -1.60. The second-order valence-corrected chi connectivity index (χ2v) is 7.84. The minimum absolute atomic E-state index is 0.0525. The van der Waals surface area contributed by atoms with Gasteiger partial charge in [-0.1, -0.05) is 6.07 Å². The number of carbonyl (C=O) groups excluding carboxylic acids is 2. The van der Waals surface area contributed by atoms with Crippen molar-refractivity contribution in [1.29, 1.82) is 0 Å². The van der Waals surface area contributed by atoms with Crippen molar-refractivity contribution in [2.24, 2.45) is 11.7 Å². The molecule has 5 nitrogen and oxygen atoms in total. The van der Waals surface area contributed by atoms with E-state index in [4.69, 9.17) is 5.73 Å². The maximum atomic E-state index is 13.2. The molecule has 0 radical (unpaired) electrons. The Labute approximate surface area is 151 Å². The quantitative estimate of drug-likeness (QED) is 0.855. The van der Waals surface area contributed by atoms with Crippen molar-refractivity contribution in [3.8, 4) is 0 Å². The number of nitrogens with zero attached hydrogens (tertiary/aromatic N) is 1. The SMILES string of the molecule is NC(C(=O)N1CCSC1)C1CCC(NC(=O)c2cccc(F)c2)CC1. The number of benzene rings is 1. The van der Waals surface area contributed by atoms with Crippen LogP contribution in [0.15, 0.2) is 24.3 Å². The molecule has 2 aliphatic rings. The molecule has 1 saturated carbocycles. The molecule has 7 heteroatoms. The summed E-state index contributed by atoms with van der Waals surface area (Å²) in [6, 6.07) is 5.30. The van der Waals surface area contributed by atoms with Crippen LogP contribution in [0.2, 0.25) is 0 Å². The highest BCUT2D eigenvalue weighted by molar-refractivity contribution is 7.99. The van der Waals surface area contributed by atoms with Crippen LogP contribution in [-0.2, 0) is 4.79 Å². The molecule has 1 unspecified atom stereocenters.